The lowest BCUT2D eigenvalue weighted by Crippen LogP contribution is -2.35. The van der Waals surface area contributed by atoms with Crippen LogP contribution in [0.15, 0.2) is 24.3 Å². The highest BCUT2D eigenvalue weighted by molar-refractivity contribution is 5.94. The highest BCUT2D eigenvalue weighted by Gasteiger charge is 2.21. The van der Waals surface area contributed by atoms with Gasteiger partial charge in [0.25, 0.3) is 0 Å². The maximum absolute atomic E-state index is 11.9. The van der Waals surface area contributed by atoms with E-state index in [2.05, 4.69) is 17.2 Å². The molecule has 2 fully saturated rings. The van der Waals surface area contributed by atoms with Crippen molar-refractivity contribution >= 4 is 17.5 Å². The molecule has 2 amide bonds. The zero-order chi connectivity index (χ0) is 16.8. The van der Waals surface area contributed by atoms with Crippen LogP contribution in [0.4, 0.5) is 5.69 Å². The van der Waals surface area contributed by atoms with Crippen LogP contribution < -0.4 is 10.2 Å². The van der Waals surface area contributed by atoms with E-state index in [-0.39, 0.29) is 17.7 Å². The SMILES string of the molecule is O=C(NCC#Cc1ccc(N2CCCCC2=O)cc1)C1CCCC1. The molecule has 0 atom stereocenters. The van der Waals surface area contributed by atoms with E-state index in [0.29, 0.717) is 13.0 Å². The topological polar surface area (TPSA) is 49.4 Å². The summed E-state index contributed by atoms with van der Waals surface area (Å²) in [5.41, 5.74) is 1.85. The molecule has 1 aromatic rings. The minimum absolute atomic E-state index is 0.140. The van der Waals surface area contributed by atoms with Crippen molar-refractivity contribution in [2.45, 2.75) is 44.9 Å². The third-order valence-corrected chi connectivity index (χ3v) is 4.81. The molecular weight excluding hydrogens is 300 g/mol. The molecule has 4 nitrogen and oxygen atoms in total. The van der Waals surface area contributed by atoms with Crippen molar-refractivity contribution < 1.29 is 9.59 Å². The van der Waals surface area contributed by atoms with E-state index in [1.165, 1.54) is 0 Å². The first-order valence-corrected chi connectivity index (χ1v) is 8.91. The van der Waals surface area contributed by atoms with Gasteiger partial charge in [-0.3, -0.25) is 9.59 Å². The van der Waals surface area contributed by atoms with Gasteiger partial charge in [0.2, 0.25) is 11.8 Å². The van der Waals surface area contributed by atoms with Gasteiger partial charge in [-0.2, -0.15) is 0 Å². The number of hydrogen-bond acceptors (Lipinski definition) is 2. The molecule has 0 bridgehead atoms. The smallest absolute Gasteiger partial charge is 0.226 e. The van der Waals surface area contributed by atoms with Gasteiger partial charge in [-0.15, -0.1) is 0 Å². The molecule has 4 heteroatoms. The highest BCUT2D eigenvalue weighted by atomic mass is 16.2. The molecule has 0 aromatic heterocycles. The quantitative estimate of drug-likeness (QED) is 0.869. The number of piperidine rings is 1. The molecule has 1 aromatic carbocycles. The highest BCUT2D eigenvalue weighted by Crippen LogP contribution is 2.24. The minimum Gasteiger partial charge on any atom is -0.345 e. The van der Waals surface area contributed by atoms with Gasteiger partial charge in [0.15, 0.2) is 0 Å². The summed E-state index contributed by atoms with van der Waals surface area (Å²) in [5.74, 6) is 6.60. The van der Waals surface area contributed by atoms with Gasteiger partial charge < -0.3 is 10.2 Å². The Morgan fingerprint density at radius 2 is 1.88 bits per heavy atom. The Bertz CT molecular complexity index is 648. The van der Waals surface area contributed by atoms with Gasteiger partial charge in [0.1, 0.15) is 0 Å². The summed E-state index contributed by atoms with van der Waals surface area (Å²) >= 11 is 0. The Morgan fingerprint density at radius 3 is 2.58 bits per heavy atom. The normalized spacial score (nSPS) is 18.2. The average Bonchev–Trinajstić information content (AvgIpc) is 3.14. The van der Waals surface area contributed by atoms with Crippen LogP contribution in [0.5, 0.6) is 0 Å². The Balaban J connectivity index is 1.51. The van der Waals surface area contributed by atoms with Gasteiger partial charge in [-0.25, -0.2) is 0 Å². The first-order valence-electron chi connectivity index (χ1n) is 8.91. The molecule has 1 heterocycles. The largest absolute Gasteiger partial charge is 0.345 e. The predicted octanol–water partition coefficient (Wildman–Crippen LogP) is 2.86. The summed E-state index contributed by atoms with van der Waals surface area (Å²) in [7, 11) is 0. The van der Waals surface area contributed by atoms with Gasteiger partial charge in [-0.1, -0.05) is 24.7 Å². The number of rotatable bonds is 3. The zero-order valence-electron chi connectivity index (χ0n) is 14.0. The van der Waals surface area contributed by atoms with Crippen LogP contribution in [0, 0.1) is 17.8 Å². The first kappa shape index (κ1) is 16.6. The molecular formula is C20H24N2O2. The van der Waals surface area contributed by atoms with Crippen LogP contribution >= 0.6 is 0 Å². The van der Waals surface area contributed by atoms with E-state index in [1.807, 2.05) is 29.2 Å². The van der Waals surface area contributed by atoms with Crippen molar-refractivity contribution in [3.05, 3.63) is 29.8 Å². The summed E-state index contributed by atoms with van der Waals surface area (Å²) in [6.07, 6.45) is 7.04. The third-order valence-electron chi connectivity index (χ3n) is 4.81. The van der Waals surface area contributed by atoms with Crippen LogP contribution in [-0.2, 0) is 9.59 Å². The summed E-state index contributed by atoms with van der Waals surface area (Å²) in [6.45, 7) is 1.19. The van der Waals surface area contributed by atoms with Crippen LogP contribution in [0.3, 0.4) is 0 Å². The maximum Gasteiger partial charge on any atom is 0.226 e. The molecule has 126 valence electrons. The van der Waals surface area contributed by atoms with E-state index in [9.17, 15) is 9.59 Å². The lowest BCUT2D eigenvalue weighted by molar-refractivity contribution is -0.124. The first-order chi connectivity index (χ1) is 11.7. The Hall–Kier alpha value is -2.28. The third kappa shape index (κ3) is 4.17. The van der Waals surface area contributed by atoms with Crippen LogP contribution in [0.25, 0.3) is 0 Å². The number of amides is 2. The molecule has 1 N–H and O–H groups in total. The molecule has 1 aliphatic carbocycles. The van der Waals surface area contributed by atoms with Crippen molar-refractivity contribution in [1.29, 1.82) is 0 Å². The number of carbonyl (C=O) groups excluding carboxylic acids is 2. The van der Waals surface area contributed by atoms with Crippen molar-refractivity contribution in [1.82, 2.24) is 5.32 Å². The fraction of sp³-hybridized carbons (Fsp3) is 0.500. The zero-order valence-corrected chi connectivity index (χ0v) is 14.0. The number of anilines is 1. The average molecular weight is 324 g/mol. The summed E-state index contributed by atoms with van der Waals surface area (Å²) in [6, 6.07) is 7.76. The lowest BCUT2D eigenvalue weighted by Gasteiger charge is -2.26. The molecule has 0 radical (unpaired) electrons. The second-order valence-corrected chi connectivity index (χ2v) is 6.55. The molecule has 3 rings (SSSR count). The van der Waals surface area contributed by atoms with E-state index < -0.39 is 0 Å². The minimum atomic E-state index is 0.140. The fourth-order valence-electron chi connectivity index (χ4n) is 3.41. The lowest BCUT2D eigenvalue weighted by atomic mass is 10.1. The van der Waals surface area contributed by atoms with E-state index in [4.69, 9.17) is 0 Å². The van der Waals surface area contributed by atoms with Gasteiger partial charge in [0, 0.05) is 30.1 Å². The van der Waals surface area contributed by atoms with Crippen molar-refractivity contribution in [3.63, 3.8) is 0 Å². The Morgan fingerprint density at radius 1 is 1.12 bits per heavy atom. The van der Waals surface area contributed by atoms with E-state index in [0.717, 1.165) is 56.3 Å². The summed E-state index contributed by atoms with van der Waals surface area (Å²) in [4.78, 5) is 25.7. The number of hydrogen-bond donors (Lipinski definition) is 1. The molecule has 1 aliphatic heterocycles. The number of nitrogens with one attached hydrogen (secondary N) is 1. The van der Waals surface area contributed by atoms with Crippen molar-refractivity contribution in [2.75, 3.05) is 18.0 Å². The fourth-order valence-corrected chi connectivity index (χ4v) is 3.41. The monoisotopic (exact) mass is 324 g/mol. The molecule has 0 unspecified atom stereocenters. The maximum atomic E-state index is 11.9. The molecule has 1 saturated carbocycles. The van der Waals surface area contributed by atoms with Crippen LogP contribution in [0.2, 0.25) is 0 Å². The Labute approximate surface area is 143 Å². The molecule has 24 heavy (non-hydrogen) atoms. The summed E-state index contributed by atoms with van der Waals surface area (Å²) in [5, 5.41) is 2.90. The second-order valence-electron chi connectivity index (χ2n) is 6.55. The predicted molar refractivity (Wildman–Crippen MR) is 94.5 cm³/mol. The van der Waals surface area contributed by atoms with Gasteiger partial charge >= 0.3 is 0 Å². The summed E-state index contributed by atoms with van der Waals surface area (Å²) < 4.78 is 0. The van der Waals surface area contributed by atoms with E-state index in [1.54, 1.807) is 0 Å². The number of benzene rings is 1. The van der Waals surface area contributed by atoms with Gasteiger partial charge in [-0.05, 0) is 49.9 Å². The van der Waals surface area contributed by atoms with Gasteiger partial charge in [0.05, 0.1) is 6.54 Å². The van der Waals surface area contributed by atoms with E-state index >= 15 is 0 Å². The molecule has 2 aliphatic rings. The molecule has 1 saturated heterocycles. The van der Waals surface area contributed by atoms with Crippen molar-refractivity contribution in [3.8, 4) is 11.8 Å². The van der Waals surface area contributed by atoms with Crippen molar-refractivity contribution in [2.24, 2.45) is 5.92 Å². The molecule has 0 spiro atoms. The number of nitrogens with zero attached hydrogens (tertiary/aromatic N) is 1. The Kier molecular flexibility index (Phi) is 5.53. The van der Waals surface area contributed by atoms with Crippen LogP contribution in [0.1, 0.15) is 50.5 Å². The number of carbonyl (C=O) groups is 2. The standard InChI is InChI=1S/C20H24N2O2/c23-19-9-3-4-15-22(19)18-12-10-16(11-13-18)6-5-14-21-20(24)17-7-1-2-8-17/h10-13,17H,1-4,7-9,14-15H2,(H,21,24). The second kappa shape index (κ2) is 8.01. The van der Waals surface area contributed by atoms with Crippen LogP contribution in [-0.4, -0.2) is 24.9 Å².